The predicted molar refractivity (Wildman–Crippen MR) is 90.1 cm³/mol. The topological polar surface area (TPSA) is 29.9 Å². The average Bonchev–Trinajstić information content (AvgIpc) is 2.68. The van der Waals surface area contributed by atoms with Crippen molar-refractivity contribution >= 4 is 15.9 Å². The average molecular weight is 344 g/mol. The highest BCUT2D eigenvalue weighted by atomic mass is 79.9. The van der Waals surface area contributed by atoms with Crippen molar-refractivity contribution in [1.29, 1.82) is 0 Å². The van der Waals surface area contributed by atoms with Gasteiger partial charge in [0.1, 0.15) is 0 Å². The summed E-state index contributed by atoms with van der Waals surface area (Å²) in [6, 6.07) is 0.530. The normalized spacial score (nSPS) is 14.8. The van der Waals surface area contributed by atoms with E-state index in [0.29, 0.717) is 17.9 Å². The summed E-state index contributed by atoms with van der Waals surface area (Å²) >= 11 is 3.72. The Balaban J connectivity index is 2.90. The zero-order valence-electron chi connectivity index (χ0n) is 13.8. The molecule has 0 saturated carbocycles. The first kappa shape index (κ1) is 17.7. The third-order valence-electron chi connectivity index (χ3n) is 4.10. The highest BCUT2D eigenvalue weighted by Gasteiger charge is 2.24. The Morgan fingerprint density at radius 2 is 1.90 bits per heavy atom. The summed E-state index contributed by atoms with van der Waals surface area (Å²) in [6.45, 7) is 15.4. The Morgan fingerprint density at radius 1 is 1.25 bits per heavy atom. The van der Waals surface area contributed by atoms with E-state index < -0.39 is 0 Å². The third-order valence-corrected chi connectivity index (χ3v) is 5.13. The first-order valence-corrected chi connectivity index (χ1v) is 8.66. The molecule has 20 heavy (non-hydrogen) atoms. The molecule has 0 aliphatic rings. The minimum Gasteiger partial charge on any atom is -0.314 e. The fourth-order valence-electron chi connectivity index (χ4n) is 2.80. The number of aryl methyl sites for hydroxylation is 2. The van der Waals surface area contributed by atoms with Crippen LogP contribution in [0.3, 0.4) is 0 Å². The molecule has 0 radical (unpaired) electrons. The fourth-order valence-corrected chi connectivity index (χ4v) is 3.25. The molecule has 1 aromatic rings. The van der Waals surface area contributed by atoms with Crippen molar-refractivity contribution in [2.45, 2.75) is 67.0 Å². The van der Waals surface area contributed by atoms with Crippen LogP contribution in [0.1, 0.15) is 52.4 Å². The number of hydrogen-bond donors (Lipinski definition) is 1. The lowest BCUT2D eigenvalue weighted by molar-refractivity contribution is 0.283. The number of nitrogens with zero attached hydrogens (tertiary/aromatic N) is 2. The maximum Gasteiger partial charge on any atom is 0.0738 e. The standard InChI is InChI=1S/C16H30BrN3/c1-7-9-18-12(5)14(11(3)4)10-15-16(17)13(6)19-20(15)8-2/h11-12,14,18H,7-10H2,1-6H3. The van der Waals surface area contributed by atoms with Gasteiger partial charge in [-0.05, 0) is 67.9 Å². The summed E-state index contributed by atoms with van der Waals surface area (Å²) in [6.07, 6.45) is 2.26. The first-order chi connectivity index (χ1) is 9.42. The molecule has 1 aromatic heterocycles. The number of rotatable bonds is 8. The summed E-state index contributed by atoms with van der Waals surface area (Å²) < 4.78 is 3.33. The van der Waals surface area contributed by atoms with E-state index in [1.807, 2.05) is 0 Å². The Kier molecular flexibility index (Phi) is 7.24. The van der Waals surface area contributed by atoms with Crippen LogP contribution in [0, 0.1) is 18.8 Å². The van der Waals surface area contributed by atoms with Crippen molar-refractivity contribution < 1.29 is 0 Å². The maximum absolute atomic E-state index is 4.61. The van der Waals surface area contributed by atoms with Gasteiger partial charge in [0, 0.05) is 12.6 Å². The molecular formula is C16H30BrN3. The molecule has 1 N–H and O–H groups in total. The molecule has 2 unspecified atom stereocenters. The fraction of sp³-hybridized carbons (Fsp3) is 0.812. The van der Waals surface area contributed by atoms with Crippen LogP contribution in [0.15, 0.2) is 4.47 Å². The van der Waals surface area contributed by atoms with Gasteiger partial charge in [0.15, 0.2) is 0 Å². The summed E-state index contributed by atoms with van der Waals surface area (Å²) in [7, 11) is 0. The van der Waals surface area contributed by atoms with Crippen LogP contribution in [0.5, 0.6) is 0 Å². The van der Waals surface area contributed by atoms with Crippen molar-refractivity contribution in [3.8, 4) is 0 Å². The first-order valence-electron chi connectivity index (χ1n) is 7.87. The van der Waals surface area contributed by atoms with Gasteiger partial charge in [0.2, 0.25) is 0 Å². The quantitative estimate of drug-likeness (QED) is 0.767. The molecule has 0 bridgehead atoms. The lowest BCUT2D eigenvalue weighted by Crippen LogP contribution is -2.38. The Labute approximate surface area is 132 Å². The molecule has 2 atom stereocenters. The van der Waals surface area contributed by atoms with Crippen LogP contribution in [0.4, 0.5) is 0 Å². The molecule has 0 aliphatic heterocycles. The van der Waals surface area contributed by atoms with E-state index in [1.54, 1.807) is 0 Å². The molecule has 1 heterocycles. The molecule has 0 aliphatic carbocycles. The minimum atomic E-state index is 0.530. The molecule has 0 spiro atoms. The molecule has 116 valence electrons. The van der Waals surface area contributed by atoms with Crippen LogP contribution in [-0.2, 0) is 13.0 Å². The van der Waals surface area contributed by atoms with Gasteiger partial charge in [0.25, 0.3) is 0 Å². The van der Waals surface area contributed by atoms with Gasteiger partial charge in [-0.3, -0.25) is 4.68 Å². The van der Waals surface area contributed by atoms with Gasteiger partial charge in [-0.1, -0.05) is 20.8 Å². The zero-order valence-corrected chi connectivity index (χ0v) is 15.4. The van der Waals surface area contributed by atoms with Crippen molar-refractivity contribution in [2.75, 3.05) is 6.54 Å². The Morgan fingerprint density at radius 3 is 2.40 bits per heavy atom. The lowest BCUT2D eigenvalue weighted by atomic mass is 9.85. The highest BCUT2D eigenvalue weighted by Crippen LogP contribution is 2.28. The van der Waals surface area contributed by atoms with E-state index in [0.717, 1.165) is 25.2 Å². The molecule has 0 saturated heterocycles. The van der Waals surface area contributed by atoms with Gasteiger partial charge in [-0.15, -0.1) is 0 Å². The van der Waals surface area contributed by atoms with Crippen molar-refractivity contribution in [2.24, 2.45) is 11.8 Å². The maximum atomic E-state index is 4.61. The van der Waals surface area contributed by atoms with E-state index >= 15 is 0 Å². The number of nitrogens with one attached hydrogen (secondary N) is 1. The highest BCUT2D eigenvalue weighted by molar-refractivity contribution is 9.10. The Hall–Kier alpha value is -0.350. The molecule has 0 fully saturated rings. The second-order valence-electron chi connectivity index (χ2n) is 6.02. The third kappa shape index (κ3) is 4.32. The van der Waals surface area contributed by atoms with Crippen LogP contribution in [-0.4, -0.2) is 22.4 Å². The summed E-state index contributed by atoms with van der Waals surface area (Å²) in [5, 5.41) is 8.26. The van der Waals surface area contributed by atoms with Gasteiger partial charge in [-0.25, -0.2) is 0 Å². The van der Waals surface area contributed by atoms with Crippen LogP contribution in [0.25, 0.3) is 0 Å². The lowest BCUT2D eigenvalue weighted by Gasteiger charge is -2.28. The van der Waals surface area contributed by atoms with E-state index in [1.165, 1.54) is 16.6 Å². The number of hydrogen-bond acceptors (Lipinski definition) is 2. The summed E-state index contributed by atoms with van der Waals surface area (Å²) in [4.78, 5) is 0. The SMILES string of the molecule is CCCNC(C)C(Cc1c(Br)c(C)nn1CC)C(C)C. The van der Waals surface area contributed by atoms with Crippen LogP contribution in [0.2, 0.25) is 0 Å². The smallest absolute Gasteiger partial charge is 0.0738 e. The summed E-state index contributed by atoms with van der Waals surface area (Å²) in [5.41, 5.74) is 2.44. The molecule has 0 amide bonds. The number of halogens is 1. The molecule has 3 nitrogen and oxygen atoms in total. The largest absolute Gasteiger partial charge is 0.314 e. The van der Waals surface area contributed by atoms with Crippen molar-refractivity contribution in [3.63, 3.8) is 0 Å². The molecular weight excluding hydrogens is 314 g/mol. The second kappa shape index (κ2) is 8.18. The molecule has 4 heteroatoms. The second-order valence-corrected chi connectivity index (χ2v) is 6.81. The van der Waals surface area contributed by atoms with Gasteiger partial charge < -0.3 is 5.32 Å². The van der Waals surface area contributed by atoms with E-state index in [-0.39, 0.29) is 0 Å². The van der Waals surface area contributed by atoms with E-state index in [2.05, 4.69) is 72.6 Å². The minimum absolute atomic E-state index is 0.530. The summed E-state index contributed by atoms with van der Waals surface area (Å²) in [5.74, 6) is 1.28. The molecule has 0 aromatic carbocycles. The number of aromatic nitrogens is 2. The van der Waals surface area contributed by atoms with Crippen LogP contribution >= 0.6 is 15.9 Å². The van der Waals surface area contributed by atoms with E-state index in [4.69, 9.17) is 0 Å². The van der Waals surface area contributed by atoms with Gasteiger partial charge >= 0.3 is 0 Å². The van der Waals surface area contributed by atoms with Crippen molar-refractivity contribution in [1.82, 2.24) is 15.1 Å². The van der Waals surface area contributed by atoms with E-state index in [9.17, 15) is 0 Å². The van der Waals surface area contributed by atoms with Gasteiger partial charge in [-0.2, -0.15) is 5.10 Å². The predicted octanol–water partition coefficient (Wildman–Crippen LogP) is 4.18. The molecule has 1 rings (SSSR count). The Bertz CT molecular complexity index is 412. The van der Waals surface area contributed by atoms with Gasteiger partial charge in [0.05, 0.1) is 15.9 Å². The van der Waals surface area contributed by atoms with Crippen LogP contribution < -0.4 is 5.32 Å². The zero-order chi connectivity index (χ0) is 15.3. The van der Waals surface area contributed by atoms with Crippen molar-refractivity contribution in [3.05, 3.63) is 15.9 Å². The monoisotopic (exact) mass is 343 g/mol.